The van der Waals surface area contributed by atoms with Gasteiger partial charge in [-0.1, -0.05) is 28.1 Å². The van der Waals surface area contributed by atoms with Crippen LogP contribution < -0.4 is 4.90 Å². The monoisotopic (exact) mass is 403 g/mol. The molecular weight excluding hydrogens is 395 g/mol. The van der Waals surface area contributed by atoms with Crippen molar-refractivity contribution in [3.05, 3.63) is 40.4 Å². The first-order valence-electron chi connectivity index (χ1n) is 6.87. The molecule has 8 heteroatoms. The lowest BCUT2D eigenvalue weighted by molar-refractivity contribution is -0.138. The summed E-state index contributed by atoms with van der Waals surface area (Å²) in [5.41, 5.74) is -0.919. The van der Waals surface area contributed by atoms with Crippen molar-refractivity contribution in [3.8, 4) is 0 Å². The fourth-order valence-corrected chi connectivity index (χ4v) is 5.53. The van der Waals surface area contributed by atoms with Crippen molar-refractivity contribution in [1.82, 2.24) is 0 Å². The molecule has 4 atom stereocenters. The molecule has 0 saturated carbocycles. The molecule has 0 radical (unpaired) electrons. The number of hydrogen-bond donors (Lipinski definition) is 0. The molecule has 0 aliphatic carbocycles. The predicted octanol–water partition coefficient (Wildman–Crippen LogP) is 3.63. The second-order valence-electron chi connectivity index (χ2n) is 5.68. The summed E-state index contributed by atoms with van der Waals surface area (Å²) in [6.07, 6.45) is -0.741. The van der Waals surface area contributed by atoms with Gasteiger partial charge >= 0.3 is 6.18 Å². The highest BCUT2D eigenvalue weighted by Crippen LogP contribution is 2.54. The number of thioether (sulfide) groups is 1. The van der Waals surface area contributed by atoms with E-state index >= 15 is 0 Å². The third kappa shape index (κ3) is 2.11. The van der Waals surface area contributed by atoms with E-state index in [0.717, 1.165) is 11.0 Å². The van der Waals surface area contributed by atoms with Gasteiger partial charge in [0.1, 0.15) is 0 Å². The van der Waals surface area contributed by atoms with Crippen LogP contribution in [0.4, 0.5) is 18.9 Å². The van der Waals surface area contributed by atoms with Crippen LogP contribution in [-0.4, -0.2) is 22.3 Å². The maximum atomic E-state index is 13.0. The maximum Gasteiger partial charge on any atom is 0.417 e. The quantitative estimate of drug-likeness (QED) is 0.530. The Morgan fingerprint density at radius 2 is 1.61 bits per heavy atom. The van der Waals surface area contributed by atoms with E-state index in [1.54, 1.807) is 11.8 Å². The summed E-state index contributed by atoms with van der Waals surface area (Å²) in [6.45, 7) is 0. The number of alkyl halides is 3. The van der Waals surface area contributed by atoms with Gasteiger partial charge in [-0.3, -0.25) is 9.59 Å². The lowest BCUT2D eigenvalue weighted by Crippen LogP contribution is -2.33. The van der Waals surface area contributed by atoms with Crippen LogP contribution in [0.25, 0.3) is 0 Å². The summed E-state index contributed by atoms with van der Waals surface area (Å²) < 4.78 is 39.0. The van der Waals surface area contributed by atoms with Gasteiger partial charge in [-0.25, -0.2) is 4.90 Å². The minimum absolute atomic E-state index is 0.0191. The molecule has 3 aliphatic rings. The Morgan fingerprint density at radius 3 is 2.13 bits per heavy atom. The summed E-state index contributed by atoms with van der Waals surface area (Å²) in [5, 5.41) is -0.104. The lowest BCUT2D eigenvalue weighted by atomic mass is 9.85. The molecule has 0 N–H and O–H groups in total. The zero-order valence-corrected chi connectivity index (χ0v) is 13.8. The molecule has 3 nitrogen and oxygen atoms in total. The number of benzene rings is 1. The molecule has 3 aliphatic heterocycles. The number of hydrogen-bond acceptors (Lipinski definition) is 3. The number of carbonyl (C=O) groups excluding carboxylic acids is 2. The smallest absolute Gasteiger partial charge is 0.274 e. The first-order valence-corrected chi connectivity index (χ1v) is 8.61. The SMILES string of the molecule is O=C1C2C3C=CC(S3)C2C(=O)N1c1ccc(Br)c(C(F)(F)F)c1. The van der Waals surface area contributed by atoms with Crippen LogP contribution in [-0.2, 0) is 15.8 Å². The minimum atomic E-state index is -4.56. The van der Waals surface area contributed by atoms with Gasteiger partial charge in [0.15, 0.2) is 0 Å². The third-order valence-corrected chi connectivity index (χ3v) is 6.64. The summed E-state index contributed by atoms with van der Waals surface area (Å²) >= 11 is 4.43. The zero-order chi connectivity index (χ0) is 16.5. The van der Waals surface area contributed by atoms with Crippen LogP contribution in [0.15, 0.2) is 34.8 Å². The van der Waals surface area contributed by atoms with Gasteiger partial charge in [-0.05, 0) is 18.2 Å². The molecule has 4 unspecified atom stereocenters. The van der Waals surface area contributed by atoms with E-state index in [2.05, 4.69) is 15.9 Å². The first kappa shape index (κ1) is 15.3. The molecule has 2 fully saturated rings. The highest BCUT2D eigenvalue weighted by Gasteiger charge is 2.60. The van der Waals surface area contributed by atoms with Crippen molar-refractivity contribution >= 4 is 45.2 Å². The summed E-state index contributed by atoms with van der Waals surface area (Å²) in [4.78, 5) is 26.1. The molecule has 120 valence electrons. The van der Waals surface area contributed by atoms with Crippen LogP contribution in [0, 0.1) is 11.8 Å². The highest BCUT2D eigenvalue weighted by molar-refractivity contribution is 9.10. The molecule has 23 heavy (non-hydrogen) atoms. The molecule has 1 aromatic carbocycles. The van der Waals surface area contributed by atoms with Crippen LogP contribution in [0.1, 0.15) is 5.56 Å². The Kier molecular flexibility index (Phi) is 3.22. The molecule has 2 bridgehead atoms. The van der Waals surface area contributed by atoms with Crippen molar-refractivity contribution in [1.29, 1.82) is 0 Å². The number of imide groups is 1. The maximum absolute atomic E-state index is 13.0. The Hall–Kier alpha value is -1.28. The first-order chi connectivity index (χ1) is 10.8. The van der Waals surface area contributed by atoms with Crippen LogP contribution in [0.5, 0.6) is 0 Å². The third-order valence-electron chi connectivity index (χ3n) is 4.42. The van der Waals surface area contributed by atoms with Crippen molar-refractivity contribution in [3.63, 3.8) is 0 Å². The van der Waals surface area contributed by atoms with E-state index in [1.807, 2.05) is 12.2 Å². The summed E-state index contributed by atoms with van der Waals surface area (Å²) in [5.74, 6) is -1.72. The number of anilines is 1. The number of fused-ring (bicyclic) bond motifs is 5. The van der Waals surface area contributed by atoms with E-state index < -0.39 is 35.4 Å². The standard InChI is InChI=1S/C15H9BrF3NO2S/c16-8-2-1-6(5-7(8)15(17,18)19)20-13(21)11-9-3-4-10(23-9)12(11)14(20)22/h1-5,9-12H. The molecule has 2 amide bonds. The average Bonchev–Trinajstić information content (AvgIpc) is 3.13. The minimum Gasteiger partial charge on any atom is -0.274 e. The number of amides is 2. The fourth-order valence-electron chi connectivity index (χ4n) is 3.43. The molecule has 0 aromatic heterocycles. The van der Waals surface area contributed by atoms with E-state index in [1.165, 1.54) is 12.1 Å². The average molecular weight is 404 g/mol. The van der Waals surface area contributed by atoms with Gasteiger partial charge in [-0.15, -0.1) is 11.8 Å². The van der Waals surface area contributed by atoms with E-state index in [-0.39, 0.29) is 20.7 Å². The van der Waals surface area contributed by atoms with Gasteiger partial charge in [0, 0.05) is 15.0 Å². The van der Waals surface area contributed by atoms with E-state index in [9.17, 15) is 22.8 Å². The molecule has 2 saturated heterocycles. The topological polar surface area (TPSA) is 37.4 Å². The molecule has 1 aromatic rings. The normalized spacial score (nSPS) is 32.1. The number of halogens is 4. The second kappa shape index (κ2) is 4.86. The largest absolute Gasteiger partial charge is 0.417 e. The number of carbonyl (C=O) groups is 2. The Bertz CT molecular complexity index is 734. The van der Waals surface area contributed by atoms with E-state index in [4.69, 9.17) is 0 Å². The zero-order valence-electron chi connectivity index (χ0n) is 11.4. The van der Waals surface area contributed by atoms with Gasteiger partial charge in [0.2, 0.25) is 11.8 Å². The molecule has 3 heterocycles. The number of nitrogens with zero attached hydrogens (tertiary/aromatic N) is 1. The van der Waals surface area contributed by atoms with Gasteiger partial charge in [0.05, 0.1) is 23.1 Å². The Labute approximate surface area is 142 Å². The fraction of sp³-hybridized carbons (Fsp3) is 0.333. The van der Waals surface area contributed by atoms with Crippen molar-refractivity contribution in [2.75, 3.05) is 4.90 Å². The Morgan fingerprint density at radius 1 is 1.04 bits per heavy atom. The van der Waals surface area contributed by atoms with Gasteiger partial charge in [0.25, 0.3) is 0 Å². The highest BCUT2D eigenvalue weighted by atomic mass is 79.9. The molecule has 4 rings (SSSR count). The van der Waals surface area contributed by atoms with Crippen molar-refractivity contribution in [2.24, 2.45) is 11.8 Å². The number of rotatable bonds is 1. The Balaban J connectivity index is 1.75. The van der Waals surface area contributed by atoms with Crippen LogP contribution in [0.3, 0.4) is 0 Å². The molecular formula is C15H9BrF3NO2S. The van der Waals surface area contributed by atoms with Crippen molar-refractivity contribution < 1.29 is 22.8 Å². The summed E-state index contributed by atoms with van der Waals surface area (Å²) in [7, 11) is 0. The van der Waals surface area contributed by atoms with Crippen molar-refractivity contribution in [2.45, 2.75) is 16.7 Å². The predicted molar refractivity (Wildman–Crippen MR) is 82.9 cm³/mol. The molecule has 0 spiro atoms. The van der Waals surface area contributed by atoms with Gasteiger partial charge in [-0.2, -0.15) is 13.2 Å². The van der Waals surface area contributed by atoms with Crippen LogP contribution >= 0.6 is 27.7 Å². The lowest BCUT2D eigenvalue weighted by Gasteiger charge is -2.19. The van der Waals surface area contributed by atoms with Crippen LogP contribution in [0.2, 0.25) is 0 Å². The summed E-state index contributed by atoms with van der Waals surface area (Å²) in [6, 6.07) is 3.43. The van der Waals surface area contributed by atoms with Gasteiger partial charge < -0.3 is 0 Å². The van der Waals surface area contributed by atoms with E-state index in [0.29, 0.717) is 0 Å². The second-order valence-corrected chi connectivity index (χ2v) is 7.89.